The van der Waals surface area contributed by atoms with Gasteiger partial charge in [0.25, 0.3) is 6.23 Å². The van der Waals surface area contributed by atoms with Gasteiger partial charge in [0, 0.05) is 30.3 Å². The lowest BCUT2D eigenvalue weighted by Gasteiger charge is -2.37. The smallest absolute Gasteiger partial charge is 0.251 e. The summed E-state index contributed by atoms with van der Waals surface area (Å²) in [5.74, 6) is 0.533. The Labute approximate surface area is 240 Å². The predicted octanol–water partition coefficient (Wildman–Crippen LogP) is 5.82. The number of Topliss-reactive ketones (excluding diaryl/α,β-unsaturated/α-hetero) is 1. The van der Waals surface area contributed by atoms with Gasteiger partial charge in [-0.1, -0.05) is 48.5 Å². The lowest BCUT2D eigenvalue weighted by Crippen LogP contribution is -2.45. The van der Waals surface area contributed by atoms with Gasteiger partial charge in [0.2, 0.25) is 5.78 Å². The molecular weight excluding hydrogens is 510 g/mol. The number of ketones is 1. The number of aryl methyl sites for hydroxylation is 1. The molecule has 41 heavy (non-hydrogen) atoms. The number of pyridine rings is 1. The fraction of sp³-hybridized carbons (Fsp3) is 0.235. The maximum Gasteiger partial charge on any atom is 0.251 e. The summed E-state index contributed by atoms with van der Waals surface area (Å²) in [5, 5.41) is 19.3. The Morgan fingerprint density at radius 1 is 0.976 bits per heavy atom. The molecule has 0 saturated carbocycles. The molecule has 4 aromatic rings. The maximum atomic E-state index is 13.6. The number of unbranched alkanes of at least 4 members (excludes halogenated alkanes) is 1. The zero-order valence-electron chi connectivity index (χ0n) is 22.7. The summed E-state index contributed by atoms with van der Waals surface area (Å²) >= 11 is 0. The molecule has 2 atom stereocenters. The number of hydrogen-bond donors (Lipinski definition) is 1. The van der Waals surface area contributed by atoms with Crippen molar-refractivity contribution in [2.75, 3.05) is 6.54 Å². The van der Waals surface area contributed by atoms with Gasteiger partial charge < -0.3 is 10.1 Å². The van der Waals surface area contributed by atoms with E-state index >= 15 is 0 Å². The van der Waals surface area contributed by atoms with E-state index in [9.17, 15) is 4.79 Å². The van der Waals surface area contributed by atoms with Gasteiger partial charge in [-0.15, -0.1) is 0 Å². The molecular formula is C34H31N5O2. The first-order valence-corrected chi connectivity index (χ1v) is 14.1. The van der Waals surface area contributed by atoms with Crippen molar-refractivity contribution in [3.8, 4) is 11.8 Å². The van der Waals surface area contributed by atoms with E-state index in [1.165, 1.54) is 5.56 Å². The maximum absolute atomic E-state index is 13.6. The highest BCUT2D eigenvalue weighted by molar-refractivity contribution is 6.03. The van der Waals surface area contributed by atoms with Gasteiger partial charge >= 0.3 is 0 Å². The van der Waals surface area contributed by atoms with E-state index in [2.05, 4.69) is 40.6 Å². The molecule has 3 aromatic carbocycles. The fourth-order valence-corrected chi connectivity index (χ4v) is 5.40. The van der Waals surface area contributed by atoms with Crippen molar-refractivity contribution in [3.63, 3.8) is 0 Å². The van der Waals surface area contributed by atoms with Gasteiger partial charge in [0.05, 0.1) is 29.1 Å². The van der Waals surface area contributed by atoms with Gasteiger partial charge in [-0.2, -0.15) is 10.4 Å². The molecule has 2 unspecified atom stereocenters. The van der Waals surface area contributed by atoms with E-state index in [1.54, 1.807) is 24.3 Å². The minimum atomic E-state index is -0.870. The molecule has 2 aliphatic heterocycles. The van der Waals surface area contributed by atoms with Crippen LogP contribution in [-0.4, -0.2) is 34.3 Å². The molecule has 1 aromatic heterocycles. The number of benzene rings is 3. The third kappa shape index (κ3) is 5.88. The molecule has 2 aliphatic rings. The number of fused-ring (bicyclic) bond motifs is 3. The second-order valence-corrected chi connectivity index (χ2v) is 10.4. The minimum Gasteiger partial charge on any atom is -0.461 e. The summed E-state index contributed by atoms with van der Waals surface area (Å²) in [6.07, 6.45) is 4.88. The van der Waals surface area contributed by atoms with Crippen molar-refractivity contribution in [2.24, 2.45) is 5.10 Å². The Hall–Kier alpha value is -4.80. The number of nitrogens with zero attached hydrogens (tertiary/aromatic N) is 4. The number of para-hydroxylation sites is 1. The van der Waals surface area contributed by atoms with E-state index in [-0.39, 0.29) is 11.8 Å². The van der Waals surface area contributed by atoms with Crippen molar-refractivity contribution >= 4 is 11.5 Å². The molecule has 0 aliphatic carbocycles. The minimum absolute atomic E-state index is 0.0828. The normalized spacial score (nSPS) is 17.1. The van der Waals surface area contributed by atoms with Crippen molar-refractivity contribution in [1.29, 1.82) is 5.26 Å². The summed E-state index contributed by atoms with van der Waals surface area (Å²) in [6, 6.07) is 31.1. The first kappa shape index (κ1) is 26.4. The topological polar surface area (TPSA) is 90.6 Å². The number of hydrazone groups is 1. The number of hydrogen-bond acceptors (Lipinski definition) is 7. The Morgan fingerprint density at radius 3 is 2.56 bits per heavy atom. The SMILES string of the molecule is N#Cc1ccc(C(=O)C2Oc3ccccc3C3CC(c4ccc(CCCCNCc5ccccn5)cc4)=NN23)cc1. The summed E-state index contributed by atoms with van der Waals surface area (Å²) in [6.45, 7) is 1.76. The average Bonchev–Trinajstić information content (AvgIpc) is 3.49. The lowest BCUT2D eigenvalue weighted by atomic mass is 9.95. The number of aromatic nitrogens is 1. The van der Waals surface area contributed by atoms with Crippen LogP contribution in [0.3, 0.4) is 0 Å². The van der Waals surface area contributed by atoms with Crippen LogP contribution in [0, 0.1) is 11.3 Å². The highest BCUT2D eigenvalue weighted by Gasteiger charge is 2.43. The van der Waals surface area contributed by atoms with Crippen LogP contribution in [0.4, 0.5) is 0 Å². The highest BCUT2D eigenvalue weighted by Crippen LogP contribution is 2.43. The molecule has 0 amide bonds. The second-order valence-electron chi connectivity index (χ2n) is 10.4. The van der Waals surface area contributed by atoms with Crippen LogP contribution in [0.1, 0.15) is 63.6 Å². The predicted molar refractivity (Wildman–Crippen MR) is 157 cm³/mol. The van der Waals surface area contributed by atoms with E-state index in [0.717, 1.165) is 54.9 Å². The Morgan fingerprint density at radius 2 is 1.78 bits per heavy atom. The van der Waals surface area contributed by atoms with Gasteiger partial charge in [0.1, 0.15) is 5.75 Å². The molecule has 6 rings (SSSR count). The van der Waals surface area contributed by atoms with Gasteiger partial charge in [-0.3, -0.25) is 9.78 Å². The quantitative estimate of drug-likeness (QED) is 0.201. The molecule has 7 heteroatoms. The molecule has 204 valence electrons. The van der Waals surface area contributed by atoms with Crippen LogP contribution in [-0.2, 0) is 13.0 Å². The van der Waals surface area contributed by atoms with Gasteiger partial charge in [-0.25, -0.2) is 5.01 Å². The standard InChI is InChI=1S/C34H31N5O2/c35-22-25-13-17-27(18-14-25)33(40)34-39-31(29-9-1-2-10-32(29)41-34)21-30(38-39)26-15-11-24(12-16-26)7-3-5-19-36-23-28-8-4-6-20-37-28/h1-2,4,6,8-18,20,31,34,36H,3,5,7,19,21,23H2. The Kier molecular flexibility index (Phi) is 7.83. The summed E-state index contributed by atoms with van der Waals surface area (Å²) in [5.41, 5.74) is 6.40. The summed E-state index contributed by atoms with van der Waals surface area (Å²) in [4.78, 5) is 17.9. The molecule has 3 heterocycles. The number of carbonyl (C=O) groups excluding carboxylic acids is 1. The van der Waals surface area contributed by atoms with Gasteiger partial charge in [-0.05, 0) is 79.4 Å². The molecule has 0 bridgehead atoms. The second kappa shape index (κ2) is 12.2. The monoisotopic (exact) mass is 541 g/mol. The van der Waals surface area contributed by atoms with Crippen LogP contribution < -0.4 is 10.1 Å². The molecule has 1 N–H and O–H groups in total. The number of ether oxygens (including phenoxy) is 1. The molecule has 0 saturated heterocycles. The summed E-state index contributed by atoms with van der Waals surface area (Å²) in [7, 11) is 0. The van der Waals surface area contributed by atoms with Crippen LogP contribution >= 0.6 is 0 Å². The first-order valence-electron chi connectivity index (χ1n) is 14.1. The van der Waals surface area contributed by atoms with E-state index in [4.69, 9.17) is 15.1 Å². The Bertz CT molecular complexity index is 1580. The van der Waals surface area contributed by atoms with E-state index in [1.807, 2.05) is 53.7 Å². The molecule has 0 radical (unpaired) electrons. The number of nitriles is 1. The zero-order valence-corrected chi connectivity index (χ0v) is 22.7. The molecule has 0 spiro atoms. The van der Waals surface area contributed by atoms with E-state index in [0.29, 0.717) is 23.3 Å². The third-order valence-corrected chi connectivity index (χ3v) is 7.61. The van der Waals surface area contributed by atoms with Crippen molar-refractivity contribution < 1.29 is 9.53 Å². The highest BCUT2D eigenvalue weighted by atomic mass is 16.5. The number of nitrogens with one attached hydrogen (secondary N) is 1. The van der Waals surface area contributed by atoms with Crippen molar-refractivity contribution in [1.82, 2.24) is 15.3 Å². The first-order chi connectivity index (χ1) is 20.2. The van der Waals surface area contributed by atoms with Crippen LogP contribution in [0.25, 0.3) is 0 Å². The van der Waals surface area contributed by atoms with Crippen molar-refractivity contribution in [3.05, 3.63) is 131 Å². The molecule has 7 nitrogen and oxygen atoms in total. The third-order valence-electron chi connectivity index (χ3n) is 7.61. The Balaban J connectivity index is 1.11. The number of rotatable bonds is 10. The van der Waals surface area contributed by atoms with Crippen molar-refractivity contribution in [2.45, 2.75) is 44.5 Å². The average molecular weight is 542 g/mol. The summed E-state index contributed by atoms with van der Waals surface area (Å²) < 4.78 is 6.21. The van der Waals surface area contributed by atoms with Crippen LogP contribution in [0.2, 0.25) is 0 Å². The van der Waals surface area contributed by atoms with Crippen LogP contribution in [0.15, 0.2) is 102 Å². The van der Waals surface area contributed by atoms with E-state index < -0.39 is 6.23 Å². The fourth-order valence-electron chi connectivity index (χ4n) is 5.40. The lowest BCUT2D eigenvalue weighted by molar-refractivity contribution is -0.00455. The largest absolute Gasteiger partial charge is 0.461 e. The number of carbonyl (C=O) groups is 1. The zero-order chi connectivity index (χ0) is 28.0. The molecule has 0 fully saturated rings. The van der Waals surface area contributed by atoms with Crippen LogP contribution in [0.5, 0.6) is 5.75 Å². The van der Waals surface area contributed by atoms with Gasteiger partial charge in [0.15, 0.2) is 0 Å².